The number of hydrogen-bond donors (Lipinski definition) is 0. The van der Waals surface area contributed by atoms with Crippen LogP contribution >= 0.6 is 11.8 Å². The Morgan fingerprint density at radius 3 is 2.53 bits per heavy atom. The van der Waals surface area contributed by atoms with Gasteiger partial charge in [-0.1, -0.05) is 57.7 Å². The van der Waals surface area contributed by atoms with E-state index in [-0.39, 0.29) is 17.5 Å². The Hall–Kier alpha value is -2.61. The van der Waals surface area contributed by atoms with Crippen LogP contribution in [0.25, 0.3) is 16.7 Å². The lowest BCUT2D eigenvalue weighted by Crippen LogP contribution is -2.39. The number of hydrogen-bond acceptors (Lipinski definition) is 5. The van der Waals surface area contributed by atoms with Crippen molar-refractivity contribution in [1.29, 1.82) is 0 Å². The highest BCUT2D eigenvalue weighted by molar-refractivity contribution is 7.99. The van der Waals surface area contributed by atoms with E-state index in [1.807, 2.05) is 36.1 Å². The lowest BCUT2D eigenvalue weighted by Gasteiger charge is -2.27. The van der Waals surface area contributed by atoms with Gasteiger partial charge in [0.25, 0.3) is 5.56 Å². The highest BCUT2D eigenvalue weighted by atomic mass is 32.2. The Bertz CT molecular complexity index is 1190. The highest BCUT2D eigenvalue weighted by Crippen LogP contribution is 2.34. The summed E-state index contributed by atoms with van der Waals surface area (Å²) in [6.45, 7) is 12.0. The van der Waals surface area contributed by atoms with Crippen LogP contribution in [0, 0.1) is 18.8 Å². The molecular formula is C24H31N5O2S. The molecule has 170 valence electrons. The van der Waals surface area contributed by atoms with Crippen molar-refractivity contribution >= 4 is 28.7 Å². The number of amides is 1. The summed E-state index contributed by atoms with van der Waals surface area (Å²) in [6.07, 6.45) is 1.91. The SMILES string of the molecule is Cc1ccccc1-n1ncc2c(=O)n3c(nc21)SCC3CC(=O)N(CC(C)C)CC(C)C. The Kier molecular flexibility index (Phi) is 6.42. The molecule has 0 saturated heterocycles. The summed E-state index contributed by atoms with van der Waals surface area (Å²) < 4.78 is 3.44. The minimum Gasteiger partial charge on any atom is -0.342 e. The quantitative estimate of drug-likeness (QED) is 0.504. The summed E-state index contributed by atoms with van der Waals surface area (Å²) in [5.74, 6) is 1.59. The molecule has 0 fully saturated rings. The second-order valence-corrected chi connectivity index (χ2v) is 10.4. The van der Waals surface area contributed by atoms with E-state index < -0.39 is 0 Å². The fourth-order valence-corrected chi connectivity index (χ4v) is 5.38. The fourth-order valence-electron chi connectivity index (χ4n) is 4.25. The van der Waals surface area contributed by atoms with Crippen LogP contribution in [0.3, 0.4) is 0 Å². The third kappa shape index (κ3) is 4.33. The first-order valence-electron chi connectivity index (χ1n) is 11.2. The minimum absolute atomic E-state index is 0.105. The number of carbonyl (C=O) groups is 1. The molecule has 1 aromatic carbocycles. The van der Waals surface area contributed by atoms with Crippen LogP contribution in [0.5, 0.6) is 0 Å². The van der Waals surface area contributed by atoms with Crippen molar-refractivity contribution < 1.29 is 4.79 Å². The van der Waals surface area contributed by atoms with Gasteiger partial charge in [0.15, 0.2) is 10.8 Å². The van der Waals surface area contributed by atoms with Gasteiger partial charge in [-0.3, -0.25) is 14.2 Å². The first-order valence-corrected chi connectivity index (χ1v) is 12.2. The van der Waals surface area contributed by atoms with E-state index in [1.165, 1.54) is 11.8 Å². The monoisotopic (exact) mass is 453 g/mol. The largest absolute Gasteiger partial charge is 0.342 e. The molecule has 2 aromatic heterocycles. The van der Waals surface area contributed by atoms with Crippen LogP contribution in [-0.2, 0) is 4.79 Å². The maximum absolute atomic E-state index is 13.4. The van der Waals surface area contributed by atoms with Crippen LogP contribution in [0.4, 0.5) is 0 Å². The molecule has 7 nitrogen and oxygen atoms in total. The molecule has 1 atom stereocenters. The maximum atomic E-state index is 13.4. The van der Waals surface area contributed by atoms with E-state index in [1.54, 1.807) is 15.4 Å². The normalized spacial score (nSPS) is 15.7. The van der Waals surface area contributed by atoms with E-state index in [0.29, 0.717) is 40.2 Å². The third-order valence-corrected chi connectivity index (χ3v) is 6.75. The van der Waals surface area contributed by atoms with Crippen LogP contribution < -0.4 is 5.56 Å². The van der Waals surface area contributed by atoms with Gasteiger partial charge in [-0.15, -0.1) is 0 Å². The highest BCUT2D eigenvalue weighted by Gasteiger charge is 2.31. The third-order valence-electron chi connectivity index (χ3n) is 5.65. The Morgan fingerprint density at radius 2 is 1.88 bits per heavy atom. The van der Waals surface area contributed by atoms with Crippen LogP contribution in [0.1, 0.15) is 45.7 Å². The summed E-state index contributed by atoms with van der Waals surface area (Å²) in [4.78, 5) is 33.3. The number of para-hydroxylation sites is 1. The summed E-state index contributed by atoms with van der Waals surface area (Å²) in [7, 11) is 0. The van der Waals surface area contributed by atoms with Crippen molar-refractivity contribution in [3.05, 3.63) is 46.4 Å². The molecule has 0 spiro atoms. The van der Waals surface area contributed by atoms with Gasteiger partial charge in [0, 0.05) is 25.3 Å². The van der Waals surface area contributed by atoms with E-state index in [0.717, 1.165) is 24.3 Å². The zero-order chi connectivity index (χ0) is 23.0. The average Bonchev–Trinajstić information content (AvgIpc) is 3.32. The molecule has 0 aliphatic carbocycles. The van der Waals surface area contributed by atoms with Gasteiger partial charge in [-0.05, 0) is 30.4 Å². The molecule has 0 radical (unpaired) electrons. The van der Waals surface area contributed by atoms with Crippen molar-refractivity contribution in [1.82, 2.24) is 24.2 Å². The number of aromatic nitrogens is 4. The van der Waals surface area contributed by atoms with Crippen molar-refractivity contribution in [2.75, 3.05) is 18.8 Å². The molecule has 1 aliphatic heterocycles. The first-order chi connectivity index (χ1) is 15.3. The lowest BCUT2D eigenvalue weighted by molar-refractivity contribution is -0.133. The number of nitrogens with zero attached hydrogens (tertiary/aromatic N) is 5. The standard InChI is InChI=1S/C24H31N5O2S/c1-15(2)12-27(13-16(3)4)21(30)10-18-14-32-24-26-22-19(23(31)28(18)24)11-25-29(22)20-9-7-6-8-17(20)5/h6-9,11,15-16,18H,10,12-14H2,1-5H3. The van der Waals surface area contributed by atoms with Crippen molar-refractivity contribution in [3.63, 3.8) is 0 Å². The molecule has 8 heteroatoms. The maximum Gasteiger partial charge on any atom is 0.265 e. The molecule has 0 saturated carbocycles. The molecular weight excluding hydrogens is 422 g/mol. The number of thioether (sulfide) groups is 1. The Morgan fingerprint density at radius 1 is 1.19 bits per heavy atom. The van der Waals surface area contributed by atoms with Gasteiger partial charge >= 0.3 is 0 Å². The molecule has 3 aromatic rings. The zero-order valence-corrected chi connectivity index (χ0v) is 20.2. The Labute approximate surface area is 192 Å². The molecule has 4 rings (SSSR count). The summed E-state index contributed by atoms with van der Waals surface area (Å²) in [5, 5.41) is 5.61. The van der Waals surface area contributed by atoms with E-state index in [4.69, 9.17) is 4.98 Å². The van der Waals surface area contributed by atoms with E-state index in [2.05, 4.69) is 32.8 Å². The topological polar surface area (TPSA) is 73.0 Å². The number of aryl methyl sites for hydroxylation is 1. The molecule has 1 amide bonds. The van der Waals surface area contributed by atoms with Crippen molar-refractivity contribution in [2.45, 2.75) is 52.2 Å². The van der Waals surface area contributed by atoms with Gasteiger partial charge < -0.3 is 4.90 Å². The smallest absolute Gasteiger partial charge is 0.265 e. The number of carbonyl (C=O) groups excluding carboxylic acids is 1. The summed E-state index contributed by atoms with van der Waals surface area (Å²) >= 11 is 1.54. The van der Waals surface area contributed by atoms with Crippen LogP contribution in [0.15, 0.2) is 40.4 Å². The van der Waals surface area contributed by atoms with Crippen LogP contribution in [0.2, 0.25) is 0 Å². The van der Waals surface area contributed by atoms with Gasteiger partial charge in [-0.2, -0.15) is 5.10 Å². The minimum atomic E-state index is -0.185. The molecule has 3 heterocycles. The predicted octanol–water partition coefficient (Wildman–Crippen LogP) is 4.07. The predicted molar refractivity (Wildman–Crippen MR) is 128 cm³/mol. The lowest BCUT2D eigenvalue weighted by atomic mass is 10.1. The average molecular weight is 454 g/mol. The second-order valence-electron chi connectivity index (χ2n) is 9.41. The van der Waals surface area contributed by atoms with Gasteiger partial charge in [-0.25, -0.2) is 9.67 Å². The molecule has 32 heavy (non-hydrogen) atoms. The second kappa shape index (κ2) is 9.10. The molecule has 1 unspecified atom stereocenters. The van der Waals surface area contributed by atoms with E-state index in [9.17, 15) is 9.59 Å². The van der Waals surface area contributed by atoms with Gasteiger partial charge in [0.2, 0.25) is 5.91 Å². The number of benzene rings is 1. The Balaban J connectivity index is 1.66. The summed E-state index contributed by atoms with van der Waals surface area (Å²) in [6, 6.07) is 7.73. The number of rotatable bonds is 7. The van der Waals surface area contributed by atoms with E-state index >= 15 is 0 Å². The molecule has 0 bridgehead atoms. The van der Waals surface area contributed by atoms with Gasteiger partial charge in [0.05, 0.1) is 17.9 Å². The van der Waals surface area contributed by atoms with Gasteiger partial charge in [0.1, 0.15) is 5.39 Å². The molecule has 1 aliphatic rings. The number of fused-ring (bicyclic) bond motifs is 2. The van der Waals surface area contributed by atoms with Crippen molar-refractivity contribution in [3.8, 4) is 5.69 Å². The molecule has 0 N–H and O–H groups in total. The first kappa shape index (κ1) is 22.6. The fraction of sp³-hybridized carbons (Fsp3) is 0.500. The zero-order valence-electron chi connectivity index (χ0n) is 19.4. The van der Waals surface area contributed by atoms with Crippen LogP contribution in [-0.4, -0.2) is 49.0 Å². The summed E-state index contributed by atoms with van der Waals surface area (Å²) in [5.41, 5.74) is 2.42. The van der Waals surface area contributed by atoms with Crippen molar-refractivity contribution in [2.24, 2.45) is 11.8 Å².